The highest BCUT2D eigenvalue weighted by Crippen LogP contribution is 2.45. The average Bonchev–Trinajstić information content (AvgIpc) is 2.80. The fraction of sp³-hybridized carbons (Fsp3) is 0.0385. The number of rotatable bonds is 4. The average molecular weight is 388 g/mol. The molecule has 2 aromatic carbocycles. The number of pyridine rings is 1. The second kappa shape index (κ2) is 7.41. The third-order valence-electron chi connectivity index (χ3n) is 5.37. The van der Waals surface area contributed by atoms with Gasteiger partial charge in [-0.1, -0.05) is 55.1 Å². The lowest BCUT2D eigenvalue weighted by Crippen LogP contribution is -2.21. The summed E-state index contributed by atoms with van der Waals surface area (Å²) in [5.41, 5.74) is 7.59. The van der Waals surface area contributed by atoms with Crippen molar-refractivity contribution >= 4 is 28.0 Å². The van der Waals surface area contributed by atoms with E-state index in [2.05, 4.69) is 75.8 Å². The molecule has 0 saturated carbocycles. The minimum absolute atomic E-state index is 0.883. The Morgan fingerprint density at radius 2 is 1.73 bits per heavy atom. The standard InChI is InChI=1S/C26H20N4/c1-3-4-10-22-18(2)30(21-11-13-27-14-12-21)26-25-23(22)15-20(16-24(25)28-17-29-26)19-8-6-5-7-9-19/h3-17H,1H2,2H3/b10-4-. The van der Waals surface area contributed by atoms with Crippen molar-refractivity contribution in [2.75, 3.05) is 4.90 Å². The van der Waals surface area contributed by atoms with Crippen LogP contribution in [0.4, 0.5) is 11.5 Å². The normalized spacial score (nSPS) is 13.3. The van der Waals surface area contributed by atoms with E-state index in [9.17, 15) is 0 Å². The van der Waals surface area contributed by atoms with E-state index in [0.717, 1.165) is 50.4 Å². The molecule has 0 amide bonds. The van der Waals surface area contributed by atoms with E-state index < -0.39 is 0 Å². The molecule has 4 heteroatoms. The van der Waals surface area contributed by atoms with Gasteiger partial charge in [0.05, 0.1) is 16.6 Å². The van der Waals surface area contributed by atoms with Crippen molar-refractivity contribution in [2.24, 2.45) is 0 Å². The van der Waals surface area contributed by atoms with Gasteiger partial charge in [-0.2, -0.15) is 0 Å². The summed E-state index contributed by atoms with van der Waals surface area (Å²) in [5, 5.41) is 1.04. The van der Waals surface area contributed by atoms with E-state index in [1.54, 1.807) is 24.8 Å². The predicted molar refractivity (Wildman–Crippen MR) is 123 cm³/mol. The van der Waals surface area contributed by atoms with Crippen LogP contribution in [0.1, 0.15) is 12.5 Å². The van der Waals surface area contributed by atoms with Crippen LogP contribution < -0.4 is 4.90 Å². The van der Waals surface area contributed by atoms with Gasteiger partial charge in [0.2, 0.25) is 0 Å². The predicted octanol–water partition coefficient (Wildman–Crippen LogP) is 6.32. The lowest BCUT2D eigenvalue weighted by molar-refractivity contribution is 1.07. The first-order valence-corrected chi connectivity index (χ1v) is 9.82. The SMILES string of the molecule is C=C/C=C\C1=C(C)N(c2ccncc2)c2ncnc3cc(-c4ccccc4)cc1c23. The Bertz CT molecular complexity index is 1310. The highest BCUT2D eigenvalue weighted by Gasteiger charge is 2.27. The van der Waals surface area contributed by atoms with Crippen molar-refractivity contribution in [3.63, 3.8) is 0 Å². The molecule has 3 heterocycles. The van der Waals surface area contributed by atoms with Crippen LogP contribution in [0.2, 0.25) is 0 Å². The van der Waals surface area contributed by atoms with Crippen molar-refractivity contribution in [2.45, 2.75) is 6.92 Å². The molecular weight excluding hydrogens is 368 g/mol. The number of hydrogen-bond acceptors (Lipinski definition) is 4. The summed E-state index contributed by atoms with van der Waals surface area (Å²) in [6, 6.07) is 18.8. The summed E-state index contributed by atoms with van der Waals surface area (Å²) in [6.45, 7) is 5.97. The molecule has 0 saturated heterocycles. The maximum Gasteiger partial charge on any atom is 0.149 e. The Morgan fingerprint density at radius 1 is 0.933 bits per heavy atom. The first-order valence-electron chi connectivity index (χ1n) is 9.82. The summed E-state index contributed by atoms with van der Waals surface area (Å²) in [6.07, 6.45) is 11.1. The van der Waals surface area contributed by atoms with Crippen molar-refractivity contribution in [3.8, 4) is 11.1 Å². The largest absolute Gasteiger partial charge is 0.298 e. The molecule has 4 nitrogen and oxygen atoms in total. The van der Waals surface area contributed by atoms with Crippen LogP contribution in [-0.4, -0.2) is 15.0 Å². The first-order chi connectivity index (χ1) is 14.8. The second-order valence-electron chi connectivity index (χ2n) is 7.12. The monoisotopic (exact) mass is 388 g/mol. The van der Waals surface area contributed by atoms with Gasteiger partial charge in [0, 0.05) is 23.7 Å². The van der Waals surface area contributed by atoms with Gasteiger partial charge in [0.25, 0.3) is 0 Å². The van der Waals surface area contributed by atoms with E-state index in [1.807, 2.05) is 24.3 Å². The number of allylic oxidation sites excluding steroid dienone is 5. The molecule has 0 aliphatic carbocycles. The number of hydrogen-bond donors (Lipinski definition) is 0. The molecule has 0 N–H and O–H groups in total. The van der Waals surface area contributed by atoms with Gasteiger partial charge in [-0.05, 0) is 47.9 Å². The van der Waals surface area contributed by atoms with Crippen LogP contribution in [0.3, 0.4) is 0 Å². The van der Waals surface area contributed by atoms with Gasteiger partial charge in [-0.3, -0.25) is 9.88 Å². The summed E-state index contributed by atoms with van der Waals surface area (Å²) in [7, 11) is 0. The lowest BCUT2D eigenvalue weighted by Gasteiger charge is -2.32. The molecule has 30 heavy (non-hydrogen) atoms. The molecule has 0 spiro atoms. The fourth-order valence-corrected chi connectivity index (χ4v) is 4.01. The van der Waals surface area contributed by atoms with E-state index in [0.29, 0.717) is 0 Å². The summed E-state index contributed by atoms with van der Waals surface area (Å²) >= 11 is 0. The molecule has 0 radical (unpaired) electrons. The van der Waals surface area contributed by atoms with Crippen LogP contribution in [0, 0.1) is 0 Å². The molecule has 4 aromatic rings. The number of aromatic nitrogens is 3. The molecule has 1 aliphatic heterocycles. The van der Waals surface area contributed by atoms with E-state index in [4.69, 9.17) is 0 Å². The maximum atomic E-state index is 4.68. The topological polar surface area (TPSA) is 41.9 Å². The van der Waals surface area contributed by atoms with Crippen molar-refractivity contribution in [3.05, 3.63) is 109 Å². The zero-order valence-corrected chi connectivity index (χ0v) is 16.7. The first kappa shape index (κ1) is 18.0. The molecule has 144 valence electrons. The minimum Gasteiger partial charge on any atom is -0.298 e. The van der Waals surface area contributed by atoms with Crippen molar-refractivity contribution in [1.29, 1.82) is 0 Å². The van der Waals surface area contributed by atoms with Gasteiger partial charge < -0.3 is 0 Å². The number of anilines is 2. The Hall–Kier alpha value is -4.05. The Morgan fingerprint density at radius 3 is 2.50 bits per heavy atom. The van der Waals surface area contributed by atoms with Gasteiger partial charge in [0.15, 0.2) is 0 Å². The van der Waals surface area contributed by atoms with Gasteiger partial charge in [-0.15, -0.1) is 0 Å². The van der Waals surface area contributed by atoms with Crippen molar-refractivity contribution < 1.29 is 0 Å². The smallest absolute Gasteiger partial charge is 0.149 e. The third kappa shape index (κ3) is 2.90. The fourth-order valence-electron chi connectivity index (χ4n) is 4.01. The van der Waals surface area contributed by atoms with E-state index in [-0.39, 0.29) is 0 Å². The molecule has 0 unspecified atom stereocenters. The van der Waals surface area contributed by atoms with Gasteiger partial charge in [0.1, 0.15) is 12.1 Å². The molecule has 2 aromatic heterocycles. The van der Waals surface area contributed by atoms with Crippen molar-refractivity contribution in [1.82, 2.24) is 15.0 Å². The number of benzene rings is 2. The highest BCUT2D eigenvalue weighted by molar-refractivity contribution is 6.08. The molecule has 1 aliphatic rings. The van der Waals surface area contributed by atoms with Gasteiger partial charge in [-0.25, -0.2) is 9.97 Å². The molecule has 0 atom stereocenters. The summed E-state index contributed by atoms with van der Waals surface area (Å²) < 4.78 is 0. The van der Waals surface area contributed by atoms with E-state index >= 15 is 0 Å². The second-order valence-corrected chi connectivity index (χ2v) is 7.12. The molecule has 0 bridgehead atoms. The zero-order chi connectivity index (χ0) is 20.5. The maximum absolute atomic E-state index is 4.68. The van der Waals surface area contributed by atoms with Crippen LogP contribution in [0.15, 0.2) is 104 Å². The summed E-state index contributed by atoms with van der Waals surface area (Å²) in [4.78, 5) is 15.6. The number of nitrogens with zero attached hydrogens (tertiary/aromatic N) is 4. The van der Waals surface area contributed by atoms with Crippen LogP contribution >= 0.6 is 0 Å². The molecular formula is C26H20N4. The van der Waals surface area contributed by atoms with Crippen LogP contribution in [0.5, 0.6) is 0 Å². The minimum atomic E-state index is 0.883. The Kier molecular flexibility index (Phi) is 4.45. The quantitative estimate of drug-likeness (QED) is 0.384. The molecule has 5 rings (SSSR count). The third-order valence-corrected chi connectivity index (χ3v) is 5.37. The zero-order valence-electron chi connectivity index (χ0n) is 16.7. The molecule has 0 fully saturated rings. The highest BCUT2D eigenvalue weighted by atomic mass is 15.2. The van der Waals surface area contributed by atoms with Crippen LogP contribution in [-0.2, 0) is 0 Å². The summed E-state index contributed by atoms with van der Waals surface area (Å²) in [5.74, 6) is 0.883. The Labute approximate surface area is 175 Å². The Balaban J connectivity index is 1.84. The lowest BCUT2D eigenvalue weighted by atomic mass is 9.91. The van der Waals surface area contributed by atoms with E-state index in [1.165, 1.54) is 0 Å². The van der Waals surface area contributed by atoms with Crippen LogP contribution in [0.25, 0.3) is 27.6 Å². The van der Waals surface area contributed by atoms with Gasteiger partial charge >= 0.3 is 0 Å².